The number of hydrogen-bond acceptors (Lipinski definition) is 3. The van der Waals surface area contributed by atoms with Crippen molar-refractivity contribution in [2.75, 3.05) is 32.8 Å². The Balaban J connectivity index is 1.84. The molecule has 3 heteroatoms. The zero-order chi connectivity index (χ0) is 13.7. The summed E-state index contributed by atoms with van der Waals surface area (Å²) in [5.41, 5.74) is 0. The van der Waals surface area contributed by atoms with Crippen LogP contribution in [0.5, 0.6) is 0 Å². The molecule has 0 amide bonds. The Morgan fingerprint density at radius 2 is 2.21 bits per heavy atom. The van der Waals surface area contributed by atoms with Crippen molar-refractivity contribution >= 4 is 0 Å². The lowest BCUT2D eigenvalue weighted by Crippen LogP contribution is -2.41. The van der Waals surface area contributed by atoms with Gasteiger partial charge in [0.25, 0.3) is 0 Å². The van der Waals surface area contributed by atoms with E-state index < -0.39 is 0 Å². The number of hydrogen-bond donors (Lipinski definition) is 1. The average molecular weight is 268 g/mol. The van der Waals surface area contributed by atoms with Gasteiger partial charge in [-0.2, -0.15) is 0 Å². The smallest absolute Gasteiger partial charge is 0.0613 e. The zero-order valence-corrected chi connectivity index (χ0v) is 13.0. The number of ether oxygens (including phenoxy) is 1. The van der Waals surface area contributed by atoms with Gasteiger partial charge in [0.2, 0.25) is 0 Å². The molecule has 0 bridgehead atoms. The second-order valence-corrected chi connectivity index (χ2v) is 6.76. The molecule has 2 heterocycles. The third-order valence-corrected chi connectivity index (χ3v) is 4.56. The van der Waals surface area contributed by atoms with Crippen molar-refractivity contribution in [2.45, 2.75) is 58.6 Å². The third-order valence-electron chi connectivity index (χ3n) is 4.56. The van der Waals surface area contributed by atoms with E-state index in [4.69, 9.17) is 4.74 Å². The first-order valence-corrected chi connectivity index (χ1v) is 8.26. The van der Waals surface area contributed by atoms with Crippen LogP contribution in [0.2, 0.25) is 0 Å². The SMILES string of the molecule is CCC1OCCC1CN1CCCNC(CC(C)C)C1. The fourth-order valence-corrected chi connectivity index (χ4v) is 3.65. The van der Waals surface area contributed by atoms with Crippen LogP contribution >= 0.6 is 0 Å². The highest BCUT2D eigenvalue weighted by Gasteiger charge is 2.29. The van der Waals surface area contributed by atoms with E-state index in [-0.39, 0.29) is 0 Å². The average Bonchev–Trinajstić information content (AvgIpc) is 2.69. The van der Waals surface area contributed by atoms with Crippen LogP contribution in [0.15, 0.2) is 0 Å². The maximum absolute atomic E-state index is 5.84. The first-order chi connectivity index (χ1) is 9.19. The molecular weight excluding hydrogens is 236 g/mol. The molecule has 0 spiro atoms. The standard InChI is InChI=1S/C16H32N2O/c1-4-16-14(6-9-19-16)11-18-8-5-7-17-15(12-18)10-13(2)3/h13-17H,4-12H2,1-3H3. The maximum Gasteiger partial charge on any atom is 0.0613 e. The Labute approximate surface area is 119 Å². The summed E-state index contributed by atoms with van der Waals surface area (Å²) in [4.78, 5) is 2.69. The molecule has 0 aliphatic carbocycles. The molecule has 0 radical (unpaired) electrons. The van der Waals surface area contributed by atoms with Crippen LogP contribution < -0.4 is 5.32 Å². The summed E-state index contributed by atoms with van der Waals surface area (Å²) in [7, 11) is 0. The van der Waals surface area contributed by atoms with E-state index in [2.05, 4.69) is 31.0 Å². The van der Waals surface area contributed by atoms with Crippen LogP contribution in [0.4, 0.5) is 0 Å². The van der Waals surface area contributed by atoms with Gasteiger partial charge < -0.3 is 15.0 Å². The maximum atomic E-state index is 5.84. The Morgan fingerprint density at radius 1 is 1.37 bits per heavy atom. The molecule has 2 aliphatic rings. The van der Waals surface area contributed by atoms with Crippen molar-refractivity contribution < 1.29 is 4.74 Å². The van der Waals surface area contributed by atoms with E-state index >= 15 is 0 Å². The quantitative estimate of drug-likeness (QED) is 0.829. The predicted molar refractivity (Wildman–Crippen MR) is 80.4 cm³/mol. The summed E-state index contributed by atoms with van der Waals surface area (Å²) in [5, 5.41) is 3.72. The molecule has 0 aromatic heterocycles. The second kappa shape index (κ2) is 7.61. The minimum atomic E-state index is 0.514. The van der Waals surface area contributed by atoms with E-state index in [9.17, 15) is 0 Å². The second-order valence-electron chi connectivity index (χ2n) is 6.76. The van der Waals surface area contributed by atoms with Gasteiger partial charge in [0.1, 0.15) is 0 Å². The molecule has 2 rings (SSSR count). The molecule has 0 aromatic carbocycles. The molecule has 2 fully saturated rings. The molecule has 3 unspecified atom stereocenters. The van der Waals surface area contributed by atoms with Gasteiger partial charge in [0, 0.05) is 25.7 Å². The van der Waals surface area contributed by atoms with Crippen molar-refractivity contribution in [3.05, 3.63) is 0 Å². The molecular formula is C16H32N2O. The first-order valence-electron chi connectivity index (χ1n) is 8.26. The molecule has 0 saturated carbocycles. The van der Waals surface area contributed by atoms with E-state index in [1.165, 1.54) is 51.9 Å². The van der Waals surface area contributed by atoms with Gasteiger partial charge in [-0.05, 0) is 50.6 Å². The van der Waals surface area contributed by atoms with E-state index in [0.29, 0.717) is 12.1 Å². The Kier molecular flexibility index (Phi) is 6.11. The molecule has 0 aromatic rings. The summed E-state index contributed by atoms with van der Waals surface area (Å²) in [5.74, 6) is 1.55. The van der Waals surface area contributed by atoms with Crippen LogP contribution in [0.25, 0.3) is 0 Å². The van der Waals surface area contributed by atoms with Crippen LogP contribution in [0, 0.1) is 11.8 Å². The van der Waals surface area contributed by atoms with Crippen LogP contribution in [-0.2, 0) is 4.74 Å². The van der Waals surface area contributed by atoms with Crippen molar-refractivity contribution in [1.82, 2.24) is 10.2 Å². The van der Waals surface area contributed by atoms with Gasteiger partial charge in [-0.25, -0.2) is 0 Å². The number of rotatable bonds is 5. The number of nitrogens with zero attached hydrogens (tertiary/aromatic N) is 1. The van der Waals surface area contributed by atoms with Gasteiger partial charge >= 0.3 is 0 Å². The topological polar surface area (TPSA) is 24.5 Å². The largest absolute Gasteiger partial charge is 0.378 e. The summed E-state index contributed by atoms with van der Waals surface area (Å²) in [6.45, 7) is 12.8. The summed E-state index contributed by atoms with van der Waals surface area (Å²) < 4.78 is 5.84. The summed E-state index contributed by atoms with van der Waals surface area (Å²) in [6.07, 6.45) is 5.54. The van der Waals surface area contributed by atoms with E-state index in [1.807, 2.05) is 0 Å². The van der Waals surface area contributed by atoms with E-state index in [0.717, 1.165) is 18.4 Å². The third kappa shape index (κ3) is 4.73. The van der Waals surface area contributed by atoms with Gasteiger partial charge in [-0.3, -0.25) is 0 Å². The normalized spacial score (nSPS) is 33.8. The molecule has 2 saturated heterocycles. The monoisotopic (exact) mass is 268 g/mol. The minimum absolute atomic E-state index is 0.514. The van der Waals surface area contributed by atoms with Crippen molar-refractivity contribution in [2.24, 2.45) is 11.8 Å². The molecule has 3 atom stereocenters. The van der Waals surface area contributed by atoms with Crippen LogP contribution in [0.1, 0.15) is 46.5 Å². The van der Waals surface area contributed by atoms with Crippen molar-refractivity contribution in [3.8, 4) is 0 Å². The molecule has 112 valence electrons. The van der Waals surface area contributed by atoms with Crippen LogP contribution in [0.3, 0.4) is 0 Å². The molecule has 19 heavy (non-hydrogen) atoms. The lowest BCUT2D eigenvalue weighted by molar-refractivity contribution is 0.0748. The summed E-state index contributed by atoms with van der Waals surface area (Å²) in [6, 6.07) is 0.685. The van der Waals surface area contributed by atoms with Gasteiger partial charge in [0.15, 0.2) is 0 Å². The fourth-order valence-electron chi connectivity index (χ4n) is 3.65. The fraction of sp³-hybridized carbons (Fsp3) is 1.00. The first kappa shape index (κ1) is 15.3. The van der Waals surface area contributed by atoms with Crippen molar-refractivity contribution in [1.29, 1.82) is 0 Å². The predicted octanol–water partition coefficient (Wildman–Crippen LogP) is 2.51. The number of nitrogens with one attached hydrogen (secondary N) is 1. The highest BCUT2D eigenvalue weighted by molar-refractivity contribution is 4.83. The van der Waals surface area contributed by atoms with Gasteiger partial charge in [-0.1, -0.05) is 20.8 Å². The van der Waals surface area contributed by atoms with Gasteiger partial charge in [0.05, 0.1) is 6.10 Å². The van der Waals surface area contributed by atoms with Crippen molar-refractivity contribution in [3.63, 3.8) is 0 Å². The van der Waals surface area contributed by atoms with E-state index in [1.54, 1.807) is 0 Å². The minimum Gasteiger partial charge on any atom is -0.378 e. The Bertz CT molecular complexity index is 257. The lowest BCUT2D eigenvalue weighted by Gasteiger charge is -2.29. The lowest BCUT2D eigenvalue weighted by atomic mass is 9.98. The molecule has 1 N–H and O–H groups in total. The molecule has 3 nitrogen and oxygen atoms in total. The Hall–Kier alpha value is -0.120. The zero-order valence-electron chi connectivity index (χ0n) is 13.0. The molecule has 2 aliphatic heterocycles. The highest BCUT2D eigenvalue weighted by Crippen LogP contribution is 2.25. The Morgan fingerprint density at radius 3 is 2.95 bits per heavy atom. The van der Waals surface area contributed by atoms with Crippen LogP contribution in [-0.4, -0.2) is 49.8 Å². The highest BCUT2D eigenvalue weighted by atomic mass is 16.5. The van der Waals surface area contributed by atoms with Gasteiger partial charge in [-0.15, -0.1) is 0 Å². The summed E-state index contributed by atoms with van der Waals surface area (Å²) >= 11 is 0.